The molecular formula is C23H26ClF3N4O4S. The van der Waals surface area contributed by atoms with Crippen LogP contribution in [0.2, 0.25) is 5.02 Å². The topological polar surface area (TPSA) is 98.8 Å². The number of nitrogens with one attached hydrogen (secondary N) is 2. The van der Waals surface area contributed by atoms with Crippen LogP contribution >= 0.6 is 11.6 Å². The molecule has 1 aromatic carbocycles. The average Bonchev–Trinajstić information content (AvgIpc) is 2.77. The molecule has 8 nitrogen and oxygen atoms in total. The summed E-state index contributed by atoms with van der Waals surface area (Å²) >= 11 is 5.71. The van der Waals surface area contributed by atoms with Crippen LogP contribution in [0.5, 0.6) is 0 Å². The highest BCUT2D eigenvalue weighted by Crippen LogP contribution is 2.60. The zero-order valence-corrected chi connectivity index (χ0v) is 20.8. The van der Waals surface area contributed by atoms with Crippen LogP contribution in [0.4, 0.5) is 18.9 Å². The Kier molecular flexibility index (Phi) is 6.27. The third-order valence-corrected chi connectivity index (χ3v) is 9.76. The van der Waals surface area contributed by atoms with Crippen LogP contribution in [0.25, 0.3) is 0 Å². The number of nitrogens with zero attached hydrogens (tertiary/aromatic N) is 2. The molecular weight excluding hydrogens is 521 g/mol. The molecule has 196 valence electrons. The number of hydrogen-bond acceptors (Lipinski definition) is 4. The highest BCUT2D eigenvalue weighted by atomic mass is 35.5. The van der Waals surface area contributed by atoms with E-state index in [1.807, 2.05) is 0 Å². The lowest BCUT2D eigenvalue weighted by Crippen LogP contribution is -2.58. The van der Waals surface area contributed by atoms with Gasteiger partial charge in [0.25, 0.3) is 5.91 Å². The maximum atomic E-state index is 13.6. The molecule has 5 aliphatic rings. The second kappa shape index (κ2) is 8.91. The molecule has 1 heterocycles. The van der Waals surface area contributed by atoms with Crippen molar-refractivity contribution in [3.05, 3.63) is 41.1 Å². The Hall–Kier alpha value is -2.31. The first-order valence-electron chi connectivity index (χ1n) is 11.8. The van der Waals surface area contributed by atoms with Crippen molar-refractivity contribution in [2.45, 2.75) is 44.7 Å². The summed E-state index contributed by atoms with van der Waals surface area (Å²) in [5, 5.41) is -0.199. The van der Waals surface area contributed by atoms with Crippen molar-refractivity contribution in [1.82, 2.24) is 15.2 Å². The largest absolute Gasteiger partial charge is 0.418 e. The highest BCUT2D eigenvalue weighted by molar-refractivity contribution is 7.90. The van der Waals surface area contributed by atoms with Crippen LogP contribution in [0.15, 0.2) is 30.5 Å². The number of alkyl halides is 3. The minimum atomic E-state index is -4.86. The molecule has 4 bridgehead atoms. The molecule has 36 heavy (non-hydrogen) atoms. The van der Waals surface area contributed by atoms with Crippen molar-refractivity contribution < 1.29 is 31.2 Å². The van der Waals surface area contributed by atoms with Crippen LogP contribution in [0.3, 0.4) is 0 Å². The van der Waals surface area contributed by atoms with Crippen molar-refractivity contribution >= 4 is 39.3 Å². The fourth-order valence-electron chi connectivity index (χ4n) is 6.68. The van der Waals surface area contributed by atoms with Crippen molar-refractivity contribution in [3.63, 3.8) is 0 Å². The minimum absolute atomic E-state index is 0.199. The van der Waals surface area contributed by atoms with Gasteiger partial charge >= 0.3 is 16.4 Å². The summed E-state index contributed by atoms with van der Waals surface area (Å²) in [6.07, 6.45) is 3.33. The van der Waals surface area contributed by atoms with E-state index in [4.69, 9.17) is 11.6 Å². The van der Waals surface area contributed by atoms with Crippen molar-refractivity contribution in [2.75, 3.05) is 17.4 Å². The molecule has 0 atom stereocenters. The van der Waals surface area contributed by atoms with Crippen molar-refractivity contribution in [1.29, 1.82) is 0 Å². The summed E-state index contributed by atoms with van der Waals surface area (Å²) < 4.78 is 68.1. The maximum Gasteiger partial charge on any atom is 0.418 e. The normalized spacial score (nSPS) is 30.9. The van der Waals surface area contributed by atoms with E-state index in [1.165, 1.54) is 6.08 Å². The number of carbonyl (C=O) groups is 2. The Balaban J connectivity index is 1.26. The molecule has 2 amide bonds. The SMILES string of the molecule is O=C(CN1CC=CN(c2ccc(Cl)cc2C(F)(F)F)S1(=O)=O)NNC(=O)C12CC3CC(CC(C3)C1)C2. The zero-order valence-electron chi connectivity index (χ0n) is 19.2. The third kappa shape index (κ3) is 4.58. The molecule has 13 heteroatoms. The van der Waals surface area contributed by atoms with E-state index in [0.29, 0.717) is 28.1 Å². The first-order valence-corrected chi connectivity index (χ1v) is 13.6. The third-order valence-electron chi connectivity index (χ3n) is 7.78. The number of rotatable bonds is 4. The monoisotopic (exact) mass is 546 g/mol. The average molecular weight is 547 g/mol. The number of hydrogen-bond donors (Lipinski definition) is 2. The van der Waals surface area contributed by atoms with E-state index >= 15 is 0 Å². The van der Waals surface area contributed by atoms with E-state index in [0.717, 1.165) is 61.2 Å². The highest BCUT2D eigenvalue weighted by Gasteiger charge is 2.54. The van der Waals surface area contributed by atoms with E-state index in [9.17, 15) is 31.2 Å². The van der Waals surface area contributed by atoms with Crippen molar-refractivity contribution in [3.8, 4) is 0 Å². The van der Waals surface area contributed by atoms with Crippen LogP contribution in [0, 0.1) is 23.2 Å². The zero-order chi connectivity index (χ0) is 25.9. The lowest BCUT2D eigenvalue weighted by atomic mass is 9.49. The molecule has 4 fully saturated rings. The van der Waals surface area contributed by atoms with Gasteiger partial charge in [0.1, 0.15) is 0 Å². The van der Waals surface area contributed by atoms with Gasteiger partial charge < -0.3 is 0 Å². The molecule has 2 N–H and O–H groups in total. The summed E-state index contributed by atoms with van der Waals surface area (Å²) in [5.74, 6) is 0.545. The first-order chi connectivity index (χ1) is 16.9. The second-order valence-corrected chi connectivity index (χ2v) is 12.6. The van der Waals surface area contributed by atoms with E-state index in [1.54, 1.807) is 0 Å². The Morgan fingerprint density at radius 2 is 1.67 bits per heavy atom. The fourth-order valence-corrected chi connectivity index (χ4v) is 8.31. The summed E-state index contributed by atoms with van der Waals surface area (Å²) in [5.41, 5.74) is 2.43. The summed E-state index contributed by atoms with van der Waals surface area (Å²) in [6.45, 7) is -0.899. The number of halogens is 4. The van der Waals surface area contributed by atoms with E-state index in [2.05, 4.69) is 10.9 Å². The molecule has 4 aliphatic carbocycles. The van der Waals surface area contributed by atoms with Gasteiger partial charge in [-0.15, -0.1) is 0 Å². The quantitative estimate of drug-likeness (QED) is 0.564. The Bertz CT molecular complexity index is 1180. The van der Waals surface area contributed by atoms with Gasteiger partial charge in [-0.25, -0.2) is 4.31 Å². The molecule has 0 radical (unpaired) electrons. The summed E-state index contributed by atoms with van der Waals surface area (Å²) in [7, 11) is -4.52. The molecule has 4 saturated carbocycles. The van der Waals surface area contributed by atoms with Gasteiger partial charge in [-0.2, -0.15) is 25.9 Å². The number of amides is 2. The van der Waals surface area contributed by atoms with Gasteiger partial charge in [-0.05, 0) is 74.5 Å². The molecule has 1 aliphatic heterocycles. The molecule has 0 saturated heterocycles. The standard InChI is InChI=1S/C23H26ClF3N4O4S/c24-17-2-3-19(18(9-17)23(25,26)27)31-5-1-4-30(36(31,34)35)13-20(32)28-29-21(33)22-10-14-6-15(11-22)8-16(7-14)12-22/h1-3,5,9,14-16H,4,6-8,10-13H2,(H,28,32)(H,29,33). The van der Waals surface area contributed by atoms with Crippen LogP contribution in [0.1, 0.15) is 44.1 Å². The first kappa shape index (κ1) is 25.3. The maximum absolute atomic E-state index is 13.6. The van der Waals surface area contributed by atoms with Gasteiger partial charge in [0.15, 0.2) is 0 Å². The Morgan fingerprint density at radius 3 is 2.25 bits per heavy atom. The second-order valence-electron chi connectivity index (χ2n) is 10.3. The lowest BCUT2D eigenvalue weighted by Gasteiger charge is -2.55. The van der Waals surface area contributed by atoms with Gasteiger partial charge in [-0.1, -0.05) is 17.7 Å². The van der Waals surface area contributed by atoms with Crippen LogP contribution in [-0.4, -0.2) is 37.6 Å². The molecule has 0 aromatic heterocycles. The molecule has 6 rings (SSSR count). The number of anilines is 1. The Morgan fingerprint density at radius 1 is 1.06 bits per heavy atom. The van der Waals surface area contributed by atoms with Crippen LogP contribution < -0.4 is 15.2 Å². The van der Waals surface area contributed by atoms with Crippen molar-refractivity contribution in [2.24, 2.45) is 23.2 Å². The summed E-state index contributed by atoms with van der Waals surface area (Å²) in [4.78, 5) is 25.6. The number of carbonyl (C=O) groups excluding carboxylic acids is 2. The molecule has 0 spiro atoms. The van der Waals surface area contributed by atoms with E-state index in [-0.39, 0.29) is 17.5 Å². The molecule has 1 aromatic rings. The predicted octanol–water partition coefficient (Wildman–Crippen LogP) is 3.60. The van der Waals surface area contributed by atoms with Gasteiger partial charge in [0.2, 0.25) is 5.91 Å². The smallest absolute Gasteiger partial charge is 0.273 e. The predicted molar refractivity (Wildman–Crippen MR) is 125 cm³/mol. The number of benzene rings is 1. The minimum Gasteiger partial charge on any atom is -0.273 e. The van der Waals surface area contributed by atoms with Crippen LogP contribution in [-0.2, 0) is 26.0 Å². The lowest BCUT2D eigenvalue weighted by molar-refractivity contribution is -0.148. The fraction of sp³-hybridized carbons (Fsp3) is 0.565. The Labute approximate surface area is 212 Å². The summed E-state index contributed by atoms with van der Waals surface area (Å²) in [6, 6.07) is 2.76. The van der Waals surface area contributed by atoms with Gasteiger partial charge in [0, 0.05) is 17.8 Å². The number of hydrazine groups is 1. The molecule has 0 unspecified atom stereocenters. The van der Waals surface area contributed by atoms with Gasteiger partial charge in [0.05, 0.1) is 23.2 Å². The van der Waals surface area contributed by atoms with Gasteiger partial charge in [-0.3, -0.25) is 20.4 Å². The van der Waals surface area contributed by atoms with E-state index < -0.39 is 45.5 Å².